The molecule has 2 aromatic rings. The van der Waals surface area contributed by atoms with Crippen molar-refractivity contribution in [3.8, 4) is 11.3 Å². The lowest BCUT2D eigenvalue weighted by Crippen LogP contribution is -2.05. The zero-order chi connectivity index (χ0) is 14.0. The number of rotatable bonds is 3. The summed E-state index contributed by atoms with van der Waals surface area (Å²) in [5.74, 6) is -2.04. The molecule has 2 rings (SSSR count). The van der Waals surface area contributed by atoms with Crippen LogP contribution >= 0.6 is 15.9 Å². The number of hydrogen-bond donors (Lipinski definition) is 1. The van der Waals surface area contributed by atoms with Crippen molar-refractivity contribution in [2.75, 3.05) is 6.61 Å². The molecular weight excluding hydrogens is 322 g/mol. The number of carbonyl (C=O) groups excluding carboxylic acids is 1. The Morgan fingerprint density at radius 3 is 2.84 bits per heavy atom. The van der Waals surface area contributed by atoms with Crippen LogP contribution in [-0.4, -0.2) is 22.8 Å². The maximum Gasteiger partial charge on any atom is 0.357 e. The minimum Gasteiger partial charge on any atom is -0.461 e. The summed E-state index contributed by atoms with van der Waals surface area (Å²) in [5, 5.41) is 6.31. The quantitative estimate of drug-likeness (QED) is 0.878. The summed E-state index contributed by atoms with van der Waals surface area (Å²) in [6, 6.07) is 3.12. The third kappa shape index (κ3) is 2.65. The number of aromatic amines is 1. The van der Waals surface area contributed by atoms with Crippen LogP contribution in [0.3, 0.4) is 0 Å². The van der Waals surface area contributed by atoms with Crippen LogP contribution < -0.4 is 0 Å². The number of ether oxygens (including phenoxy) is 1. The average Bonchev–Trinajstić information content (AvgIpc) is 2.72. The van der Waals surface area contributed by atoms with Crippen molar-refractivity contribution < 1.29 is 18.3 Å². The molecular formula is C12H9BrF2N2O2. The van der Waals surface area contributed by atoms with Crippen LogP contribution in [0.25, 0.3) is 11.3 Å². The SMILES string of the molecule is CCOC(=O)c1[nH]nc(-c2ccc(F)cc2F)c1Br. The number of nitrogens with zero attached hydrogens (tertiary/aromatic N) is 1. The summed E-state index contributed by atoms with van der Waals surface area (Å²) in [6.45, 7) is 1.88. The first-order chi connectivity index (χ1) is 9.04. The van der Waals surface area contributed by atoms with E-state index in [2.05, 4.69) is 26.1 Å². The Morgan fingerprint density at radius 1 is 1.47 bits per heavy atom. The van der Waals surface area contributed by atoms with E-state index in [1.54, 1.807) is 6.92 Å². The zero-order valence-corrected chi connectivity index (χ0v) is 11.4. The Bertz CT molecular complexity index is 628. The molecule has 4 nitrogen and oxygen atoms in total. The molecule has 0 atom stereocenters. The fraction of sp³-hybridized carbons (Fsp3) is 0.167. The Labute approximate surface area is 115 Å². The van der Waals surface area contributed by atoms with Crippen molar-refractivity contribution in [1.82, 2.24) is 10.2 Å². The van der Waals surface area contributed by atoms with Gasteiger partial charge in [-0.3, -0.25) is 5.10 Å². The van der Waals surface area contributed by atoms with Gasteiger partial charge >= 0.3 is 5.97 Å². The van der Waals surface area contributed by atoms with Crippen LogP contribution in [0.5, 0.6) is 0 Å². The molecule has 1 heterocycles. The van der Waals surface area contributed by atoms with Gasteiger partial charge in [-0.1, -0.05) is 0 Å². The summed E-state index contributed by atoms with van der Waals surface area (Å²) in [6.07, 6.45) is 0. The van der Waals surface area contributed by atoms with E-state index >= 15 is 0 Å². The molecule has 1 aromatic carbocycles. The van der Waals surface area contributed by atoms with Crippen LogP contribution in [-0.2, 0) is 4.74 Å². The van der Waals surface area contributed by atoms with Gasteiger partial charge in [0.25, 0.3) is 0 Å². The molecule has 1 N–H and O–H groups in total. The highest BCUT2D eigenvalue weighted by molar-refractivity contribution is 9.10. The minimum atomic E-state index is -0.761. The molecule has 0 unspecified atom stereocenters. The first-order valence-corrected chi connectivity index (χ1v) is 6.20. The van der Waals surface area contributed by atoms with E-state index in [9.17, 15) is 13.6 Å². The summed E-state index contributed by atoms with van der Waals surface area (Å²) in [5.41, 5.74) is 0.348. The predicted octanol–water partition coefficient (Wildman–Crippen LogP) is 3.29. The van der Waals surface area contributed by atoms with Gasteiger partial charge in [0.05, 0.1) is 11.1 Å². The van der Waals surface area contributed by atoms with E-state index in [1.165, 1.54) is 6.07 Å². The summed E-state index contributed by atoms with van der Waals surface area (Å²) >= 11 is 3.16. The predicted molar refractivity (Wildman–Crippen MR) is 67.6 cm³/mol. The number of H-pyrrole nitrogens is 1. The molecule has 0 aliphatic carbocycles. The standard InChI is InChI=1S/C12H9BrF2N2O2/c1-2-19-12(18)11-9(13)10(16-17-11)7-4-3-6(14)5-8(7)15/h3-5H,2H2,1H3,(H,16,17). The molecule has 100 valence electrons. The lowest BCUT2D eigenvalue weighted by molar-refractivity contribution is 0.0518. The molecule has 0 bridgehead atoms. The van der Waals surface area contributed by atoms with Gasteiger partial charge in [0, 0.05) is 11.6 Å². The molecule has 0 spiro atoms. The largest absolute Gasteiger partial charge is 0.461 e. The summed E-state index contributed by atoms with van der Waals surface area (Å²) in [7, 11) is 0. The fourth-order valence-electron chi connectivity index (χ4n) is 1.53. The topological polar surface area (TPSA) is 55.0 Å². The van der Waals surface area contributed by atoms with Gasteiger partial charge in [-0.05, 0) is 35.0 Å². The average molecular weight is 331 g/mol. The maximum atomic E-state index is 13.6. The van der Waals surface area contributed by atoms with Crippen molar-refractivity contribution in [3.05, 3.63) is 40.0 Å². The minimum absolute atomic E-state index is 0.0834. The second kappa shape index (κ2) is 5.48. The lowest BCUT2D eigenvalue weighted by Gasteiger charge is -2.01. The number of hydrogen-bond acceptors (Lipinski definition) is 3. The van der Waals surface area contributed by atoms with Gasteiger partial charge in [0.15, 0.2) is 5.69 Å². The molecule has 0 amide bonds. The van der Waals surface area contributed by atoms with Crippen molar-refractivity contribution in [3.63, 3.8) is 0 Å². The summed E-state index contributed by atoms with van der Waals surface area (Å²) < 4.78 is 31.6. The number of carbonyl (C=O) groups is 1. The third-order valence-corrected chi connectivity index (χ3v) is 3.14. The van der Waals surface area contributed by atoms with Crippen molar-refractivity contribution in [2.45, 2.75) is 6.92 Å². The van der Waals surface area contributed by atoms with E-state index in [1.807, 2.05) is 0 Å². The Balaban J connectivity index is 2.44. The summed E-state index contributed by atoms with van der Waals surface area (Å²) in [4.78, 5) is 11.6. The van der Waals surface area contributed by atoms with E-state index in [0.717, 1.165) is 12.1 Å². The molecule has 1 aromatic heterocycles. The van der Waals surface area contributed by atoms with Gasteiger partial charge in [-0.2, -0.15) is 5.10 Å². The smallest absolute Gasteiger partial charge is 0.357 e. The van der Waals surface area contributed by atoms with E-state index < -0.39 is 17.6 Å². The molecule has 0 aliphatic rings. The Hall–Kier alpha value is -1.76. The molecule has 0 saturated carbocycles. The monoisotopic (exact) mass is 330 g/mol. The van der Waals surface area contributed by atoms with Crippen LogP contribution in [0.2, 0.25) is 0 Å². The van der Waals surface area contributed by atoms with Crippen LogP contribution in [0.15, 0.2) is 22.7 Å². The van der Waals surface area contributed by atoms with Crippen molar-refractivity contribution in [2.24, 2.45) is 0 Å². The Morgan fingerprint density at radius 2 is 2.21 bits per heavy atom. The molecule has 0 radical (unpaired) electrons. The second-order valence-electron chi connectivity index (χ2n) is 3.61. The number of nitrogens with one attached hydrogen (secondary N) is 1. The molecule has 0 saturated heterocycles. The molecule has 19 heavy (non-hydrogen) atoms. The van der Waals surface area contributed by atoms with Gasteiger partial charge < -0.3 is 4.74 Å². The molecule has 0 fully saturated rings. The van der Waals surface area contributed by atoms with E-state index in [4.69, 9.17) is 4.74 Å². The highest BCUT2D eigenvalue weighted by Crippen LogP contribution is 2.31. The first kappa shape index (κ1) is 13.7. The third-order valence-electron chi connectivity index (χ3n) is 2.37. The van der Waals surface area contributed by atoms with Gasteiger partial charge in [-0.15, -0.1) is 0 Å². The van der Waals surface area contributed by atoms with Gasteiger partial charge in [-0.25, -0.2) is 13.6 Å². The van der Waals surface area contributed by atoms with Crippen LogP contribution in [0.4, 0.5) is 8.78 Å². The van der Waals surface area contributed by atoms with Crippen LogP contribution in [0, 0.1) is 11.6 Å². The normalized spacial score (nSPS) is 10.5. The number of benzene rings is 1. The Kier molecular flexibility index (Phi) is 3.94. The van der Waals surface area contributed by atoms with Crippen molar-refractivity contribution >= 4 is 21.9 Å². The highest BCUT2D eigenvalue weighted by Gasteiger charge is 2.21. The van der Waals surface area contributed by atoms with Gasteiger partial charge in [0.2, 0.25) is 0 Å². The molecule has 7 heteroatoms. The highest BCUT2D eigenvalue weighted by atomic mass is 79.9. The second-order valence-corrected chi connectivity index (χ2v) is 4.40. The number of halogens is 3. The van der Waals surface area contributed by atoms with Crippen molar-refractivity contribution in [1.29, 1.82) is 0 Å². The fourth-order valence-corrected chi connectivity index (χ4v) is 2.08. The van der Waals surface area contributed by atoms with E-state index in [-0.39, 0.29) is 28.0 Å². The molecule has 0 aliphatic heterocycles. The van der Waals surface area contributed by atoms with Crippen LogP contribution in [0.1, 0.15) is 17.4 Å². The number of aromatic nitrogens is 2. The van der Waals surface area contributed by atoms with Gasteiger partial charge in [0.1, 0.15) is 17.3 Å². The van der Waals surface area contributed by atoms with E-state index in [0.29, 0.717) is 0 Å². The lowest BCUT2D eigenvalue weighted by atomic mass is 10.1. The zero-order valence-electron chi connectivity index (χ0n) is 9.84. The number of esters is 1. The maximum absolute atomic E-state index is 13.6. The first-order valence-electron chi connectivity index (χ1n) is 5.41.